The molecule has 0 unspecified atom stereocenters. The zero-order valence-corrected chi connectivity index (χ0v) is 14.2. The molecule has 0 radical (unpaired) electrons. The SMILES string of the molecule is Cc1cccc(C)c1OCC(=O)N(CCC#N)Cc1ccccc1. The van der Waals surface area contributed by atoms with Crippen LogP contribution in [0.25, 0.3) is 0 Å². The number of aryl methyl sites for hydroxylation is 2. The van der Waals surface area contributed by atoms with Gasteiger partial charge in [-0.25, -0.2) is 0 Å². The van der Waals surface area contributed by atoms with E-state index in [4.69, 9.17) is 10.00 Å². The first kappa shape index (κ1) is 17.6. The summed E-state index contributed by atoms with van der Waals surface area (Å²) in [5.41, 5.74) is 3.06. The Kier molecular flexibility index (Phi) is 6.39. The molecule has 124 valence electrons. The maximum atomic E-state index is 12.5. The minimum absolute atomic E-state index is 0.0239. The lowest BCUT2D eigenvalue weighted by Gasteiger charge is -2.22. The summed E-state index contributed by atoms with van der Waals surface area (Å²) < 4.78 is 5.75. The standard InChI is InChI=1S/C20H22N2O2/c1-16-8-6-9-17(2)20(16)24-15-19(23)22(13-7-12-21)14-18-10-4-3-5-11-18/h3-6,8-11H,7,13-15H2,1-2H3. The molecular formula is C20H22N2O2. The second kappa shape index (κ2) is 8.73. The third-order valence-corrected chi connectivity index (χ3v) is 3.81. The number of para-hydroxylation sites is 1. The smallest absolute Gasteiger partial charge is 0.260 e. The first-order valence-electron chi connectivity index (χ1n) is 7.99. The molecular weight excluding hydrogens is 300 g/mol. The molecule has 0 aliphatic rings. The van der Waals surface area contributed by atoms with Gasteiger partial charge in [-0.15, -0.1) is 0 Å². The molecule has 0 spiro atoms. The summed E-state index contributed by atoms with van der Waals surface area (Å²) in [6.45, 7) is 4.79. The summed E-state index contributed by atoms with van der Waals surface area (Å²) >= 11 is 0. The molecule has 0 aliphatic heterocycles. The van der Waals surface area contributed by atoms with Gasteiger partial charge < -0.3 is 9.64 Å². The second-order valence-corrected chi connectivity index (χ2v) is 5.72. The van der Waals surface area contributed by atoms with Crippen LogP contribution in [-0.2, 0) is 11.3 Å². The minimum Gasteiger partial charge on any atom is -0.483 e. The Labute approximate surface area is 143 Å². The van der Waals surface area contributed by atoms with Crippen molar-refractivity contribution in [2.75, 3.05) is 13.2 Å². The first-order chi connectivity index (χ1) is 11.6. The van der Waals surface area contributed by atoms with E-state index >= 15 is 0 Å². The fourth-order valence-corrected chi connectivity index (χ4v) is 2.53. The van der Waals surface area contributed by atoms with Gasteiger partial charge in [-0.05, 0) is 30.5 Å². The predicted octanol–water partition coefficient (Wildman–Crippen LogP) is 3.62. The van der Waals surface area contributed by atoms with Crippen molar-refractivity contribution in [3.05, 3.63) is 65.2 Å². The fourth-order valence-electron chi connectivity index (χ4n) is 2.53. The highest BCUT2D eigenvalue weighted by Gasteiger charge is 2.15. The van der Waals surface area contributed by atoms with Gasteiger partial charge in [0.2, 0.25) is 0 Å². The van der Waals surface area contributed by atoms with E-state index in [-0.39, 0.29) is 12.5 Å². The molecule has 0 aliphatic carbocycles. The van der Waals surface area contributed by atoms with E-state index in [9.17, 15) is 4.79 Å². The number of carbonyl (C=O) groups excluding carboxylic acids is 1. The predicted molar refractivity (Wildman–Crippen MR) is 93.5 cm³/mol. The summed E-state index contributed by atoms with van der Waals surface area (Å²) in [7, 11) is 0. The third kappa shape index (κ3) is 4.85. The number of carbonyl (C=O) groups is 1. The highest BCUT2D eigenvalue weighted by Crippen LogP contribution is 2.22. The summed E-state index contributed by atoms with van der Waals surface area (Å²) in [5, 5.41) is 8.82. The number of benzene rings is 2. The van der Waals surface area contributed by atoms with Crippen molar-refractivity contribution in [1.82, 2.24) is 4.90 Å². The molecule has 0 N–H and O–H groups in total. The number of rotatable bonds is 7. The van der Waals surface area contributed by atoms with Gasteiger partial charge in [-0.1, -0.05) is 48.5 Å². The molecule has 0 fully saturated rings. The first-order valence-corrected chi connectivity index (χ1v) is 7.99. The van der Waals surface area contributed by atoms with Crippen LogP contribution in [0, 0.1) is 25.2 Å². The Morgan fingerprint density at radius 1 is 1.08 bits per heavy atom. The van der Waals surface area contributed by atoms with Crippen LogP contribution in [-0.4, -0.2) is 24.0 Å². The van der Waals surface area contributed by atoms with Crippen LogP contribution in [0.5, 0.6) is 5.75 Å². The van der Waals surface area contributed by atoms with Crippen LogP contribution >= 0.6 is 0 Å². The molecule has 0 atom stereocenters. The monoisotopic (exact) mass is 322 g/mol. The molecule has 2 aromatic rings. The van der Waals surface area contributed by atoms with Crippen molar-refractivity contribution >= 4 is 5.91 Å². The van der Waals surface area contributed by atoms with Crippen LogP contribution in [0.3, 0.4) is 0 Å². The highest BCUT2D eigenvalue weighted by molar-refractivity contribution is 5.78. The lowest BCUT2D eigenvalue weighted by molar-refractivity contribution is -0.133. The molecule has 24 heavy (non-hydrogen) atoms. The molecule has 0 saturated heterocycles. The summed E-state index contributed by atoms with van der Waals surface area (Å²) in [5.74, 6) is 0.641. The van der Waals surface area contributed by atoms with Crippen LogP contribution in [0.1, 0.15) is 23.1 Å². The van der Waals surface area contributed by atoms with E-state index in [1.807, 2.05) is 62.4 Å². The van der Waals surface area contributed by atoms with E-state index in [0.717, 1.165) is 22.4 Å². The Hall–Kier alpha value is -2.80. The van der Waals surface area contributed by atoms with E-state index in [1.54, 1.807) is 4.90 Å². The average molecular weight is 322 g/mol. The molecule has 2 rings (SSSR count). The zero-order valence-electron chi connectivity index (χ0n) is 14.2. The quantitative estimate of drug-likeness (QED) is 0.782. The minimum atomic E-state index is -0.114. The van der Waals surface area contributed by atoms with Crippen molar-refractivity contribution in [2.45, 2.75) is 26.8 Å². The van der Waals surface area contributed by atoms with Crippen molar-refractivity contribution in [2.24, 2.45) is 0 Å². The lowest BCUT2D eigenvalue weighted by Crippen LogP contribution is -2.35. The Morgan fingerprint density at radius 2 is 1.75 bits per heavy atom. The van der Waals surface area contributed by atoms with E-state index < -0.39 is 0 Å². The molecule has 4 heteroatoms. The number of nitrogens with zero attached hydrogens (tertiary/aromatic N) is 2. The molecule has 1 amide bonds. The maximum Gasteiger partial charge on any atom is 0.260 e. The van der Waals surface area contributed by atoms with Crippen LogP contribution in [0.2, 0.25) is 0 Å². The largest absolute Gasteiger partial charge is 0.483 e. The second-order valence-electron chi connectivity index (χ2n) is 5.72. The summed E-state index contributed by atoms with van der Waals surface area (Å²) in [6, 6.07) is 17.7. The molecule has 0 aromatic heterocycles. The molecule has 4 nitrogen and oxygen atoms in total. The number of hydrogen-bond donors (Lipinski definition) is 0. The van der Waals surface area contributed by atoms with Crippen molar-refractivity contribution in [3.63, 3.8) is 0 Å². The maximum absolute atomic E-state index is 12.5. The Bertz CT molecular complexity index is 700. The van der Waals surface area contributed by atoms with Crippen LogP contribution in [0.4, 0.5) is 0 Å². The lowest BCUT2D eigenvalue weighted by atomic mass is 10.1. The number of nitriles is 1. The number of amides is 1. The van der Waals surface area contributed by atoms with Gasteiger partial charge in [0, 0.05) is 13.1 Å². The van der Waals surface area contributed by atoms with Crippen molar-refractivity contribution in [3.8, 4) is 11.8 Å². The van der Waals surface area contributed by atoms with Gasteiger partial charge in [-0.3, -0.25) is 4.79 Å². The van der Waals surface area contributed by atoms with Gasteiger partial charge in [0.1, 0.15) is 5.75 Å². The normalized spacial score (nSPS) is 10.0. The topological polar surface area (TPSA) is 53.3 Å². The van der Waals surface area contributed by atoms with Gasteiger partial charge in [0.15, 0.2) is 6.61 Å². The molecule has 0 bridgehead atoms. The number of ether oxygens (including phenoxy) is 1. The van der Waals surface area contributed by atoms with E-state index in [2.05, 4.69) is 6.07 Å². The Balaban J connectivity index is 2.03. The van der Waals surface area contributed by atoms with Gasteiger partial charge in [0.25, 0.3) is 5.91 Å². The van der Waals surface area contributed by atoms with Crippen LogP contribution in [0.15, 0.2) is 48.5 Å². The summed E-state index contributed by atoms with van der Waals surface area (Å²) in [6.07, 6.45) is 0.308. The van der Waals surface area contributed by atoms with Gasteiger partial charge >= 0.3 is 0 Å². The van der Waals surface area contributed by atoms with E-state index in [0.29, 0.717) is 19.5 Å². The summed E-state index contributed by atoms with van der Waals surface area (Å²) in [4.78, 5) is 14.2. The number of hydrogen-bond acceptors (Lipinski definition) is 3. The zero-order chi connectivity index (χ0) is 17.4. The fraction of sp³-hybridized carbons (Fsp3) is 0.300. The van der Waals surface area contributed by atoms with Gasteiger partial charge in [-0.2, -0.15) is 5.26 Å². The highest BCUT2D eigenvalue weighted by atomic mass is 16.5. The molecule has 0 heterocycles. The third-order valence-electron chi connectivity index (χ3n) is 3.81. The van der Waals surface area contributed by atoms with Gasteiger partial charge in [0.05, 0.1) is 12.5 Å². The molecule has 0 saturated carbocycles. The molecule has 2 aromatic carbocycles. The average Bonchev–Trinajstić information content (AvgIpc) is 2.59. The van der Waals surface area contributed by atoms with Crippen molar-refractivity contribution < 1.29 is 9.53 Å². The van der Waals surface area contributed by atoms with E-state index in [1.165, 1.54) is 0 Å². The Morgan fingerprint density at radius 3 is 2.38 bits per heavy atom. The van der Waals surface area contributed by atoms with Crippen LogP contribution < -0.4 is 4.74 Å². The van der Waals surface area contributed by atoms with Crippen molar-refractivity contribution in [1.29, 1.82) is 5.26 Å².